The van der Waals surface area contributed by atoms with E-state index in [0.717, 1.165) is 24.2 Å². The zero-order valence-corrected chi connectivity index (χ0v) is 12.1. The molecule has 19 heavy (non-hydrogen) atoms. The number of carbonyl (C=O) groups excluding carboxylic acids is 1. The van der Waals surface area contributed by atoms with Crippen molar-refractivity contribution in [2.75, 3.05) is 6.54 Å². The van der Waals surface area contributed by atoms with Crippen LogP contribution >= 0.6 is 0 Å². The third-order valence-electron chi connectivity index (χ3n) is 3.93. The Labute approximate surface area is 114 Å². The zero-order chi connectivity index (χ0) is 13.8. The van der Waals surface area contributed by atoms with Crippen molar-refractivity contribution >= 4 is 5.91 Å². The fourth-order valence-corrected chi connectivity index (χ4v) is 2.41. The fraction of sp³-hybridized carbons (Fsp3) is 0.600. The maximum atomic E-state index is 11.9. The molecular formula is C15H23N3O. The Morgan fingerprint density at radius 3 is 2.74 bits per heavy atom. The molecule has 0 aliphatic heterocycles. The molecule has 4 heteroatoms. The van der Waals surface area contributed by atoms with Gasteiger partial charge in [-0.05, 0) is 52.0 Å². The predicted octanol–water partition coefficient (Wildman–Crippen LogP) is 2.42. The highest BCUT2D eigenvalue weighted by Crippen LogP contribution is 2.16. The summed E-state index contributed by atoms with van der Waals surface area (Å²) in [5.74, 6) is 0.0390. The summed E-state index contributed by atoms with van der Waals surface area (Å²) in [6, 6.07) is 0. The molecule has 1 aromatic heterocycles. The normalized spacial score (nSPS) is 15.2. The Morgan fingerprint density at radius 1 is 1.37 bits per heavy atom. The van der Waals surface area contributed by atoms with Gasteiger partial charge in [-0.3, -0.25) is 9.48 Å². The number of aryl methyl sites for hydroxylation is 1. The van der Waals surface area contributed by atoms with Crippen molar-refractivity contribution in [3.05, 3.63) is 28.6 Å². The van der Waals surface area contributed by atoms with Gasteiger partial charge < -0.3 is 5.32 Å². The molecular weight excluding hydrogens is 238 g/mol. The molecule has 1 heterocycles. The third-order valence-corrected chi connectivity index (χ3v) is 3.93. The molecule has 0 bridgehead atoms. The van der Waals surface area contributed by atoms with E-state index in [2.05, 4.69) is 16.5 Å². The van der Waals surface area contributed by atoms with E-state index in [1.807, 2.05) is 20.8 Å². The molecule has 2 rings (SSSR count). The number of rotatable bonds is 4. The molecule has 104 valence electrons. The highest BCUT2D eigenvalue weighted by Gasteiger charge is 2.11. The summed E-state index contributed by atoms with van der Waals surface area (Å²) in [6.45, 7) is 7.03. The van der Waals surface area contributed by atoms with E-state index in [-0.39, 0.29) is 5.91 Å². The Balaban J connectivity index is 1.87. The zero-order valence-electron chi connectivity index (χ0n) is 12.1. The quantitative estimate of drug-likeness (QED) is 0.846. The molecule has 0 radical (unpaired) electrons. The molecule has 1 N–H and O–H groups in total. The smallest absolute Gasteiger partial charge is 0.241 e. The van der Waals surface area contributed by atoms with Gasteiger partial charge in [0.2, 0.25) is 5.91 Å². The second-order valence-corrected chi connectivity index (χ2v) is 5.34. The average molecular weight is 261 g/mol. The Kier molecular flexibility index (Phi) is 4.40. The van der Waals surface area contributed by atoms with Crippen LogP contribution < -0.4 is 5.32 Å². The van der Waals surface area contributed by atoms with Gasteiger partial charge in [0.15, 0.2) is 0 Å². The highest BCUT2D eigenvalue weighted by molar-refractivity contribution is 5.76. The summed E-state index contributed by atoms with van der Waals surface area (Å²) in [4.78, 5) is 11.9. The summed E-state index contributed by atoms with van der Waals surface area (Å²) in [5.41, 5.74) is 4.61. The van der Waals surface area contributed by atoms with E-state index in [1.54, 1.807) is 4.68 Å². The number of nitrogens with zero attached hydrogens (tertiary/aromatic N) is 2. The molecule has 0 fully saturated rings. The standard InChI is InChI=1S/C15H23N3O/c1-11-12(2)17-18(13(11)3)10-15(19)16-9-14-7-5-4-6-8-14/h7H,4-6,8-10H2,1-3H3,(H,16,19). The Bertz CT molecular complexity index is 500. The third kappa shape index (κ3) is 3.46. The molecule has 1 aromatic rings. The molecule has 0 aromatic carbocycles. The number of hydrogen-bond donors (Lipinski definition) is 1. The monoisotopic (exact) mass is 261 g/mol. The van der Waals surface area contributed by atoms with Gasteiger partial charge >= 0.3 is 0 Å². The topological polar surface area (TPSA) is 46.9 Å². The van der Waals surface area contributed by atoms with Crippen LogP contribution in [0.4, 0.5) is 0 Å². The maximum absolute atomic E-state index is 11.9. The summed E-state index contributed by atoms with van der Waals surface area (Å²) < 4.78 is 1.79. The molecule has 0 saturated heterocycles. The van der Waals surface area contributed by atoms with E-state index in [1.165, 1.54) is 24.0 Å². The number of aromatic nitrogens is 2. The second-order valence-electron chi connectivity index (χ2n) is 5.34. The van der Waals surface area contributed by atoms with Crippen LogP contribution in [0, 0.1) is 20.8 Å². The van der Waals surface area contributed by atoms with E-state index in [4.69, 9.17) is 0 Å². The second kappa shape index (κ2) is 6.04. The molecule has 1 aliphatic rings. The largest absolute Gasteiger partial charge is 0.351 e. The molecule has 4 nitrogen and oxygen atoms in total. The van der Waals surface area contributed by atoms with Crippen LogP contribution in [-0.2, 0) is 11.3 Å². The van der Waals surface area contributed by atoms with E-state index in [0.29, 0.717) is 13.1 Å². The molecule has 0 spiro atoms. The van der Waals surface area contributed by atoms with E-state index in [9.17, 15) is 4.79 Å². The number of hydrogen-bond acceptors (Lipinski definition) is 2. The minimum Gasteiger partial charge on any atom is -0.351 e. The van der Waals surface area contributed by atoms with Crippen LogP contribution in [0.3, 0.4) is 0 Å². The van der Waals surface area contributed by atoms with Crippen molar-refractivity contribution < 1.29 is 4.79 Å². The predicted molar refractivity (Wildman–Crippen MR) is 76.0 cm³/mol. The first-order valence-electron chi connectivity index (χ1n) is 7.03. The van der Waals surface area contributed by atoms with Crippen molar-refractivity contribution in [3.63, 3.8) is 0 Å². The Hall–Kier alpha value is -1.58. The van der Waals surface area contributed by atoms with Gasteiger partial charge in [0.25, 0.3) is 0 Å². The lowest BCUT2D eigenvalue weighted by Crippen LogP contribution is -2.30. The van der Waals surface area contributed by atoms with Crippen LogP contribution in [0.2, 0.25) is 0 Å². The van der Waals surface area contributed by atoms with Gasteiger partial charge in [0, 0.05) is 12.2 Å². The number of allylic oxidation sites excluding steroid dienone is 1. The first-order chi connectivity index (χ1) is 9.08. The SMILES string of the molecule is Cc1nn(CC(=O)NCC2=CCCCC2)c(C)c1C. The van der Waals surface area contributed by atoms with Gasteiger partial charge in [-0.15, -0.1) is 0 Å². The molecule has 1 aliphatic carbocycles. The van der Waals surface area contributed by atoms with E-state index >= 15 is 0 Å². The highest BCUT2D eigenvalue weighted by atomic mass is 16.2. The van der Waals surface area contributed by atoms with Crippen molar-refractivity contribution in [3.8, 4) is 0 Å². The lowest BCUT2D eigenvalue weighted by Gasteiger charge is -2.13. The molecule has 0 unspecified atom stereocenters. The van der Waals surface area contributed by atoms with Gasteiger partial charge in [0.1, 0.15) is 6.54 Å². The van der Waals surface area contributed by atoms with Gasteiger partial charge in [-0.1, -0.05) is 11.6 Å². The lowest BCUT2D eigenvalue weighted by atomic mass is 10.00. The van der Waals surface area contributed by atoms with Gasteiger partial charge in [-0.25, -0.2) is 0 Å². The van der Waals surface area contributed by atoms with Crippen molar-refractivity contribution in [1.29, 1.82) is 0 Å². The van der Waals surface area contributed by atoms with Crippen LogP contribution in [0.25, 0.3) is 0 Å². The Morgan fingerprint density at radius 2 is 2.16 bits per heavy atom. The number of carbonyl (C=O) groups is 1. The van der Waals surface area contributed by atoms with Crippen LogP contribution in [0.1, 0.15) is 42.6 Å². The van der Waals surface area contributed by atoms with Crippen LogP contribution in [0.15, 0.2) is 11.6 Å². The summed E-state index contributed by atoms with van der Waals surface area (Å²) in [5, 5.41) is 7.37. The van der Waals surface area contributed by atoms with E-state index < -0.39 is 0 Å². The van der Waals surface area contributed by atoms with Crippen LogP contribution in [0.5, 0.6) is 0 Å². The minimum atomic E-state index is 0.0390. The lowest BCUT2D eigenvalue weighted by molar-refractivity contribution is -0.121. The summed E-state index contributed by atoms with van der Waals surface area (Å²) in [7, 11) is 0. The summed E-state index contributed by atoms with van der Waals surface area (Å²) >= 11 is 0. The number of amides is 1. The molecule has 1 amide bonds. The molecule has 0 atom stereocenters. The van der Waals surface area contributed by atoms with Gasteiger partial charge in [0.05, 0.1) is 5.69 Å². The average Bonchev–Trinajstić information content (AvgIpc) is 2.65. The first-order valence-corrected chi connectivity index (χ1v) is 7.03. The first kappa shape index (κ1) is 13.8. The van der Waals surface area contributed by atoms with Gasteiger partial charge in [-0.2, -0.15) is 5.10 Å². The maximum Gasteiger partial charge on any atom is 0.241 e. The summed E-state index contributed by atoms with van der Waals surface area (Å²) in [6.07, 6.45) is 7.07. The van der Waals surface area contributed by atoms with Crippen molar-refractivity contribution in [2.24, 2.45) is 0 Å². The fourth-order valence-electron chi connectivity index (χ4n) is 2.41. The minimum absolute atomic E-state index is 0.0390. The number of nitrogens with one attached hydrogen (secondary N) is 1. The van der Waals surface area contributed by atoms with Crippen LogP contribution in [-0.4, -0.2) is 22.2 Å². The molecule has 0 saturated carbocycles. The van der Waals surface area contributed by atoms with Crippen molar-refractivity contribution in [1.82, 2.24) is 15.1 Å². The van der Waals surface area contributed by atoms with Crippen molar-refractivity contribution in [2.45, 2.75) is 53.0 Å².